The van der Waals surface area contributed by atoms with Crippen LogP contribution in [-0.2, 0) is 90.7 Å². The summed E-state index contributed by atoms with van der Waals surface area (Å²) in [6.45, 7) is 6.51. The molecule has 12 rings (SSSR count). The van der Waals surface area contributed by atoms with Gasteiger partial charge in [-0.2, -0.15) is 0 Å². The molecule has 4 fully saturated rings. The maximum absolute atomic E-state index is 13.5. The SMILES string of the molecule is [2H]C1([2H])CC(Cc2nonc2C(Cc2ccc(F)c(C)c2)=NO)CCS1(=O)=O.[2H]C1CC(Cc2nonc2C(Cc2ccc(F)c(C)c2)=NO)CC([2H])([2H])S1(=O)=O.[2H]C1CC(Cc2nonc2C(Cc2ccc(F)c(C)c2)=NO)CC([2H])S1(=O)=O.[2H]C1CC(Cc2nonc2C(Cc2ccc(F)c(C)c2)=NO)CCS1(=O)=O. The molecule has 4 saturated heterocycles. The first-order valence-corrected chi connectivity index (χ1v) is 38.9. The van der Waals surface area contributed by atoms with Gasteiger partial charge >= 0.3 is 0 Å². The molecule has 28 nitrogen and oxygen atoms in total. The normalized spacial score (nSPS) is 25.2. The fraction of sp³-hybridized carbons (Fsp3) is 0.471. The van der Waals surface area contributed by atoms with Crippen molar-refractivity contribution in [3.05, 3.63) is 186 Å². The Morgan fingerprint density at radius 3 is 0.894 bits per heavy atom. The van der Waals surface area contributed by atoms with Crippen LogP contribution in [0.25, 0.3) is 0 Å². The summed E-state index contributed by atoms with van der Waals surface area (Å²) in [6, 6.07) is 18.1. The van der Waals surface area contributed by atoms with E-state index in [4.69, 9.17) is 29.5 Å². The second-order valence-electron chi connectivity index (χ2n) is 25.5. The van der Waals surface area contributed by atoms with E-state index in [1.165, 1.54) is 24.3 Å². The molecule has 7 atom stereocenters. The van der Waals surface area contributed by atoms with Gasteiger partial charge < -0.3 is 20.8 Å². The lowest BCUT2D eigenvalue weighted by Gasteiger charge is -2.20. The van der Waals surface area contributed by atoms with Gasteiger partial charge in [0.2, 0.25) is 0 Å². The Morgan fingerprint density at radius 2 is 0.625 bits per heavy atom. The molecule has 0 amide bonds. The number of hydrogen-bond acceptors (Lipinski definition) is 28. The largest absolute Gasteiger partial charge is 0.411 e. The molecule has 8 heterocycles. The minimum absolute atomic E-state index is 0.0255. The van der Waals surface area contributed by atoms with Crippen molar-refractivity contribution in [3.63, 3.8) is 0 Å². The van der Waals surface area contributed by atoms with E-state index >= 15 is 0 Å². The Balaban J connectivity index is 0.000000171. The summed E-state index contributed by atoms with van der Waals surface area (Å²) in [5.74, 6) is -2.65. The van der Waals surface area contributed by atoms with Gasteiger partial charge in [-0.1, -0.05) is 89.8 Å². The second-order valence-corrected chi connectivity index (χ2v) is 33.0. The maximum atomic E-state index is 13.5. The molecule has 7 unspecified atom stereocenters. The minimum Gasteiger partial charge on any atom is -0.411 e. The number of aromatic nitrogens is 8. The van der Waals surface area contributed by atoms with Crippen molar-refractivity contribution in [2.24, 2.45) is 44.3 Å². The lowest BCUT2D eigenvalue weighted by Crippen LogP contribution is -2.25. The Kier molecular flexibility index (Phi) is 23.2. The zero-order valence-electron chi connectivity index (χ0n) is 64.5. The number of nitrogens with zero attached hydrogens (tertiary/aromatic N) is 12. The molecule has 4 aliphatic heterocycles. The van der Waals surface area contributed by atoms with Crippen molar-refractivity contribution < 1.29 is 102 Å². The first-order valence-electron chi connectivity index (χ1n) is 36.7. The molecule has 560 valence electrons. The van der Waals surface area contributed by atoms with Gasteiger partial charge in [-0.3, -0.25) is 0 Å². The third kappa shape index (κ3) is 22.4. The van der Waals surface area contributed by atoms with E-state index in [1.54, 1.807) is 76.2 Å². The zero-order valence-corrected chi connectivity index (χ0v) is 59.7. The summed E-state index contributed by atoms with van der Waals surface area (Å²) in [7, 11) is -15.0. The first kappa shape index (κ1) is 68.0. The van der Waals surface area contributed by atoms with Crippen LogP contribution in [0.5, 0.6) is 0 Å². The summed E-state index contributed by atoms with van der Waals surface area (Å²) in [6.07, 6.45) is 2.32. The molecular weight excluding hydrogens is 1450 g/mol. The Morgan fingerprint density at radius 1 is 0.375 bits per heavy atom. The van der Waals surface area contributed by atoms with Crippen LogP contribution in [0.3, 0.4) is 0 Å². The predicted octanol–water partition coefficient (Wildman–Crippen LogP) is 9.22. The van der Waals surface area contributed by atoms with E-state index in [9.17, 15) is 72.1 Å². The first-order chi connectivity index (χ1) is 52.7. The maximum Gasteiger partial charge on any atom is 0.156 e. The lowest BCUT2D eigenvalue weighted by molar-refractivity contribution is 0.298. The number of rotatable bonds is 20. The molecule has 0 bridgehead atoms. The molecule has 4 aromatic carbocycles. The van der Waals surface area contributed by atoms with Gasteiger partial charge in [0.25, 0.3) is 0 Å². The van der Waals surface area contributed by atoms with Gasteiger partial charge in [0.15, 0.2) is 22.8 Å². The van der Waals surface area contributed by atoms with Gasteiger partial charge in [-0.05, 0) is 218 Å². The van der Waals surface area contributed by atoms with Crippen LogP contribution in [0, 0.1) is 74.6 Å². The Labute approximate surface area is 608 Å². The summed E-state index contributed by atoms with van der Waals surface area (Å²) in [4.78, 5) is 0. The number of halogens is 4. The molecule has 4 aliphatic rings. The van der Waals surface area contributed by atoms with E-state index in [1.807, 2.05) is 0 Å². The molecule has 0 saturated carbocycles. The number of oxime groups is 4. The second kappa shape index (κ2) is 35.5. The molecule has 104 heavy (non-hydrogen) atoms. The van der Waals surface area contributed by atoms with Crippen molar-refractivity contribution in [3.8, 4) is 0 Å². The number of aryl methyl sites for hydroxylation is 4. The van der Waals surface area contributed by atoms with Crippen molar-refractivity contribution in [1.29, 1.82) is 0 Å². The molecule has 36 heteroatoms. The average molecular weight is 1530 g/mol. The van der Waals surface area contributed by atoms with E-state index in [0.29, 0.717) is 75.3 Å². The fourth-order valence-electron chi connectivity index (χ4n) is 11.6. The smallest absolute Gasteiger partial charge is 0.156 e. The molecular formula is C68H80F4N12O16S4. The molecule has 8 aromatic rings. The highest BCUT2D eigenvalue weighted by molar-refractivity contribution is 7.92. The van der Waals surface area contributed by atoms with E-state index in [-0.39, 0.29) is 187 Å². The lowest BCUT2D eigenvalue weighted by atomic mass is 9.94. The predicted molar refractivity (Wildman–Crippen MR) is 370 cm³/mol. The summed E-state index contributed by atoms with van der Waals surface area (Å²) in [5, 5.41) is 81.3. The van der Waals surface area contributed by atoms with Crippen molar-refractivity contribution in [2.75, 3.05) is 45.8 Å². The monoisotopic (exact) mass is 1530 g/mol. The highest BCUT2D eigenvalue weighted by Crippen LogP contribution is 2.29. The van der Waals surface area contributed by atoms with Crippen molar-refractivity contribution >= 4 is 62.2 Å². The third-order valence-corrected chi connectivity index (χ3v) is 22.9. The summed E-state index contributed by atoms with van der Waals surface area (Å²) < 4.78 is 230. The Bertz CT molecular complexity index is 5160. The average Bonchev–Trinajstić information content (AvgIpc) is 0.864. The van der Waals surface area contributed by atoms with Crippen LogP contribution in [0.2, 0.25) is 0 Å². The van der Waals surface area contributed by atoms with Gasteiger partial charge in [-0.15, -0.1) is 0 Å². The van der Waals surface area contributed by atoms with Crippen LogP contribution < -0.4 is 0 Å². The number of hydrogen-bond donors (Lipinski definition) is 4. The molecule has 4 N–H and O–H groups in total. The van der Waals surface area contributed by atoms with Crippen LogP contribution in [0.1, 0.15) is 152 Å². The van der Waals surface area contributed by atoms with Gasteiger partial charge in [0, 0.05) is 36.6 Å². The standard InChI is InChI=1S/4C17H20FN3O4S/c4*1-11-8-13(2-3-14(11)18)10-15(19-22)17-16(20-25-21-17)9-12-4-6-26(23,24)7-5-12/h4*2-3,8,12,22H,4-7,9-10H2,1H3/i6D,7D2;6D,7D;6D2;6D. The van der Waals surface area contributed by atoms with Crippen molar-refractivity contribution in [2.45, 2.75) is 130 Å². The molecule has 0 aliphatic carbocycles. The van der Waals surface area contributed by atoms with E-state index < -0.39 is 79.6 Å². The highest BCUT2D eigenvalue weighted by Gasteiger charge is 2.32. The van der Waals surface area contributed by atoms with Gasteiger partial charge in [0.05, 0.1) is 45.8 Å². The topological polar surface area (TPSA) is 423 Å². The van der Waals surface area contributed by atoms with Crippen molar-refractivity contribution in [1.82, 2.24) is 41.3 Å². The molecule has 0 radical (unpaired) electrons. The summed E-state index contributed by atoms with van der Waals surface area (Å²) in [5.41, 5.74) is -2.43. The zero-order chi connectivity index (χ0) is 82.0. The quantitative estimate of drug-likeness (QED) is 0.0239. The third-order valence-electron chi connectivity index (χ3n) is 17.5. The van der Waals surface area contributed by atoms with E-state index in [2.05, 4.69) is 61.9 Å². The van der Waals surface area contributed by atoms with Gasteiger partial charge in [0.1, 0.15) is 108 Å². The van der Waals surface area contributed by atoms with Crippen LogP contribution in [-0.4, -0.2) is 164 Å². The Hall–Kier alpha value is -9.16. The molecule has 0 spiro atoms. The van der Waals surface area contributed by atoms with Crippen LogP contribution in [0.4, 0.5) is 17.6 Å². The highest BCUT2D eigenvalue weighted by atomic mass is 32.2. The minimum atomic E-state index is -4.18. The number of benzene rings is 4. The van der Waals surface area contributed by atoms with Crippen LogP contribution >= 0.6 is 0 Å². The van der Waals surface area contributed by atoms with Gasteiger partial charge in [-0.25, -0.2) is 69.7 Å². The van der Waals surface area contributed by atoms with E-state index in [0.717, 1.165) is 5.56 Å². The fourth-order valence-corrected chi connectivity index (χ4v) is 16.6. The summed E-state index contributed by atoms with van der Waals surface area (Å²) >= 11 is 0. The molecule has 4 aromatic heterocycles. The van der Waals surface area contributed by atoms with Crippen LogP contribution in [0.15, 0.2) is 112 Å². The number of sulfone groups is 4.